The molecule has 0 saturated heterocycles. The highest BCUT2D eigenvalue weighted by Crippen LogP contribution is 2.32. The van der Waals surface area contributed by atoms with Crippen molar-refractivity contribution in [1.29, 1.82) is 0 Å². The molecule has 1 aliphatic rings. The summed E-state index contributed by atoms with van der Waals surface area (Å²) in [5.41, 5.74) is 0.988. The summed E-state index contributed by atoms with van der Waals surface area (Å²) in [5, 5.41) is 2.64. The second kappa shape index (κ2) is 11.2. The van der Waals surface area contributed by atoms with Gasteiger partial charge in [0, 0.05) is 29.8 Å². The number of methoxy groups -OCH3 is 2. The number of amides is 1. The molecule has 3 aromatic rings. The van der Waals surface area contributed by atoms with E-state index in [1.165, 1.54) is 32.4 Å². The highest BCUT2D eigenvalue weighted by atomic mass is 32.2. The Morgan fingerprint density at radius 2 is 1.54 bits per heavy atom. The average Bonchev–Trinajstić information content (AvgIpc) is 2.91. The predicted molar refractivity (Wildman–Crippen MR) is 136 cm³/mol. The number of carbonyl (C=O) groups is 2. The number of hydrogen-bond donors (Lipinski definition) is 2. The summed E-state index contributed by atoms with van der Waals surface area (Å²) in [6.45, 7) is 0.856. The fourth-order valence-corrected chi connectivity index (χ4v) is 4.90. The van der Waals surface area contributed by atoms with Crippen molar-refractivity contribution in [1.82, 2.24) is 0 Å². The van der Waals surface area contributed by atoms with Crippen molar-refractivity contribution in [3.63, 3.8) is 0 Å². The van der Waals surface area contributed by atoms with Crippen molar-refractivity contribution in [2.75, 3.05) is 37.5 Å². The number of rotatable bonds is 10. The van der Waals surface area contributed by atoms with E-state index in [0.29, 0.717) is 41.7 Å². The Kier molecular flexibility index (Phi) is 7.83. The molecule has 0 fully saturated rings. The summed E-state index contributed by atoms with van der Waals surface area (Å²) in [7, 11) is -1.18. The molecule has 0 unspecified atom stereocenters. The Balaban J connectivity index is 1.41. The van der Waals surface area contributed by atoms with Gasteiger partial charge in [-0.3, -0.25) is 14.3 Å². The second-order valence-corrected chi connectivity index (χ2v) is 9.68. The first-order valence-corrected chi connectivity index (χ1v) is 12.8. The first kappa shape index (κ1) is 25.8. The van der Waals surface area contributed by atoms with Crippen molar-refractivity contribution < 1.29 is 37.0 Å². The van der Waals surface area contributed by atoms with Gasteiger partial charge in [0.15, 0.2) is 17.3 Å². The molecular formula is C26H26N2O8S. The van der Waals surface area contributed by atoms with Gasteiger partial charge in [0.25, 0.3) is 10.0 Å². The number of Topliss-reactive ketones (excluding diaryl/α,β-unsaturated/α-hetero) is 1. The zero-order chi connectivity index (χ0) is 26.4. The van der Waals surface area contributed by atoms with E-state index in [1.54, 1.807) is 42.5 Å². The van der Waals surface area contributed by atoms with E-state index in [9.17, 15) is 18.0 Å². The molecule has 3 aromatic carbocycles. The standard InChI is InChI=1S/C26H26N2O8S/c1-33-20-7-4-18(5-8-20)28-37(31,32)25-16-19(6-11-23(25)34-2)27-26(30)12-9-21(29)17-3-10-22-24(15-17)36-14-13-35-22/h3-8,10-11,15-16,28H,9,12-14H2,1-2H3,(H,27,30). The first-order chi connectivity index (χ1) is 17.8. The maximum absolute atomic E-state index is 13.0. The molecule has 2 N–H and O–H groups in total. The number of ether oxygens (including phenoxy) is 4. The molecule has 0 aliphatic carbocycles. The van der Waals surface area contributed by atoms with Crippen LogP contribution in [-0.4, -0.2) is 47.5 Å². The molecule has 0 spiro atoms. The molecule has 1 amide bonds. The number of sulfonamides is 1. The van der Waals surface area contributed by atoms with Gasteiger partial charge >= 0.3 is 0 Å². The molecule has 0 bridgehead atoms. The van der Waals surface area contributed by atoms with Crippen LogP contribution < -0.4 is 29.0 Å². The van der Waals surface area contributed by atoms with Crippen LogP contribution >= 0.6 is 0 Å². The van der Waals surface area contributed by atoms with E-state index in [-0.39, 0.29) is 35.0 Å². The van der Waals surface area contributed by atoms with E-state index in [1.807, 2.05) is 0 Å². The van der Waals surface area contributed by atoms with Gasteiger partial charge in [-0.1, -0.05) is 0 Å². The Labute approximate surface area is 214 Å². The fraction of sp³-hybridized carbons (Fsp3) is 0.231. The summed E-state index contributed by atoms with van der Waals surface area (Å²) in [4.78, 5) is 25.0. The van der Waals surface area contributed by atoms with E-state index in [0.717, 1.165) is 0 Å². The number of nitrogens with one attached hydrogen (secondary N) is 2. The minimum absolute atomic E-state index is 0.0359. The van der Waals surface area contributed by atoms with Gasteiger partial charge in [0.05, 0.1) is 14.2 Å². The van der Waals surface area contributed by atoms with E-state index in [4.69, 9.17) is 18.9 Å². The quantitative estimate of drug-likeness (QED) is 0.381. The van der Waals surface area contributed by atoms with Crippen LogP contribution in [0.4, 0.5) is 11.4 Å². The molecular weight excluding hydrogens is 500 g/mol. The van der Waals surface area contributed by atoms with Crippen molar-refractivity contribution in [2.24, 2.45) is 0 Å². The Hall–Kier alpha value is -4.25. The van der Waals surface area contributed by atoms with Gasteiger partial charge in [-0.25, -0.2) is 8.42 Å². The second-order valence-electron chi connectivity index (χ2n) is 8.03. The lowest BCUT2D eigenvalue weighted by atomic mass is 10.1. The maximum atomic E-state index is 13.0. The Morgan fingerprint density at radius 1 is 0.838 bits per heavy atom. The first-order valence-electron chi connectivity index (χ1n) is 11.4. The lowest BCUT2D eigenvalue weighted by Crippen LogP contribution is -2.17. The molecule has 0 atom stereocenters. The molecule has 10 nitrogen and oxygen atoms in total. The summed E-state index contributed by atoms with van der Waals surface area (Å²) < 4.78 is 49.8. The molecule has 0 aromatic heterocycles. The van der Waals surface area contributed by atoms with Gasteiger partial charge in [-0.15, -0.1) is 0 Å². The predicted octanol–water partition coefficient (Wildman–Crippen LogP) is 3.88. The molecule has 0 saturated carbocycles. The SMILES string of the molecule is COc1ccc(NS(=O)(=O)c2cc(NC(=O)CCC(=O)c3ccc4c(c3)OCCO4)ccc2OC)cc1. The lowest BCUT2D eigenvalue weighted by molar-refractivity contribution is -0.116. The van der Waals surface area contributed by atoms with Gasteiger partial charge < -0.3 is 24.3 Å². The van der Waals surface area contributed by atoms with E-state index >= 15 is 0 Å². The van der Waals surface area contributed by atoms with Gasteiger partial charge in [0.1, 0.15) is 29.6 Å². The van der Waals surface area contributed by atoms with Crippen molar-refractivity contribution in [3.8, 4) is 23.0 Å². The van der Waals surface area contributed by atoms with Crippen LogP contribution in [0.5, 0.6) is 23.0 Å². The Morgan fingerprint density at radius 3 is 2.24 bits per heavy atom. The van der Waals surface area contributed by atoms with Crippen LogP contribution in [0.3, 0.4) is 0 Å². The monoisotopic (exact) mass is 526 g/mol. The number of ketones is 1. The lowest BCUT2D eigenvalue weighted by Gasteiger charge is -2.18. The summed E-state index contributed by atoms with van der Waals surface area (Å²) in [6, 6.07) is 15.5. The van der Waals surface area contributed by atoms with Crippen LogP contribution in [0.2, 0.25) is 0 Å². The largest absolute Gasteiger partial charge is 0.497 e. The van der Waals surface area contributed by atoms with Crippen LogP contribution in [0, 0.1) is 0 Å². The minimum atomic E-state index is -4.05. The summed E-state index contributed by atoms with van der Waals surface area (Å²) in [6.07, 6.45) is -0.128. The van der Waals surface area contributed by atoms with E-state index in [2.05, 4.69) is 10.0 Å². The third kappa shape index (κ3) is 6.31. The van der Waals surface area contributed by atoms with Crippen LogP contribution in [-0.2, 0) is 14.8 Å². The fourth-order valence-electron chi connectivity index (χ4n) is 3.65. The summed E-state index contributed by atoms with van der Waals surface area (Å²) >= 11 is 0. The molecule has 194 valence electrons. The number of benzene rings is 3. The molecule has 4 rings (SSSR count). The van der Waals surface area contributed by atoms with Crippen molar-refractivity contribution >= 4 is 33.1 Å². The zero-order valence-corrected chi connectivity index (χ0v) is 21.1. The Bertz CT molecular complexity index is 1400. The van der Waals surface area contributed by atoms with E-state index < -0.39 is 15.9 Å². The average molecular weight is 527 g/mol. The minimum Gasteiger partial charge on any atom is -0.497 e. The molecule has 11 heteroatoms. The highest BCUT2D eigenvalue weighted by Gasteiger charge is 2.21. The van der Waals surface area contributed by atoms with Crippen LogP contribution in [0.15, 0.2) is 65.6 Å². The van der Waals surface area contributed by atoms with Crippen LogP contribution in [0.1, 0.15) is 23.2 Å². The maximum Gasteiger partial charge on any atom is 0.265 e. The molecule has 1 heterocycles. The smallest absolute Gasteiger partial charge is 0.265 e. The summed E-state index contributed by atoms with van der Waals surface area (Å²) in [5.74, 6) is 1.09. The van der Waals surface area contributed by atoms with Crippen LogP contribution in [0.25, 0.3) is 0 Å². The number of carbonyl (C=O) groups excluding carboxylic acids is 2. The van der Waals surface area contributed by atoms with Gasteiger partial charge in [-0.2, -0.15) is 0 Å². The van der Waals surface area contributed by atoms with Crippen molar-refractivity contribution in [2.45, 2.75) is 17.7 Å². The molecule has 1 aliphatic heterocycles. The number of hydrogen-bond acceptors (Lipinski definition) is 8. The topological polar surface area (TPSA) is 129 Å². The molecule has 37 heavy (non-hydrogen) atoms. The number of fused-ring (bicyclic) bond motifs is 1. The zero-order valence-electron chi connectivity index (χ0n) is 20.3. The van der Waals surface area contributed by atoms with Gasteiger partial charge in [-0.05, 0) is 60.7 Å². The van der Waals surface area contributed by atoms with Crippen molar-refractivity contribution in [3.05, 3.63) is 66.2 Å². The number of anilines is 2. The normalized spacial score (nSPS) is 12.4. The van der Waals surface area contributed by atoms with Gasteiger partial charge in [0.2, 0.25) is 5.91 Å². The highest BCUT2D eigenvalue weighted by molar-refractivity contribution is 7.92. The third-order valence-corrected chi connectivity index (χ3v) is 6.92. The molecule has 0 radical (unpaired) electrons. The third-order valence-electron chi connectivity index (χ3n) is 5.52.